The fourth-order valence-corrected chi connectivity index (χ4v) is 2.51. The first kappa shape index (κ1) is 12.5. The number of hydrogen-bond donors (Lipinski definition) is 0. The van der Waals surface area contributed by atoms with Crippen LogP contribution < -0.4 is 4.74 Å². The van der Waals surface area contributed by atoms with Gasteiger partial charge in [0.2, 0.25) is 0 Å². The van der Waals surface area contributed by atoms with Gasteiger partial charge in [-0.05, 0) is 37.3 Å². The zero-order valence-electron chi connectivity index (χ0n) is 11.5. The van der Waals surface area contributed by atoms with E-state index in [-0.39, 0.29) is 0 Å². The number of aryl methyl sites for hydroxylation is 1. The molecule has 100 valence electrons. The predicted octanol–water partition coefficient (Wildman–Crippen LogP) is 3.74. The van der Waals surface area contributed by atoms with Gasteiger partial charge in [0.1, 0.15) is 5.75 Å². The Morgan fingerprint density at radius 2 is 1.95 bits per heavy atom. The molecule has 0 amide bonds. The molecular formula is C17H15NO2. The summed E-state index contributed by atoms with van der Waals surface area (Å²) in [5, 5.41) is 0. The summed E-state index contributed by atoms with van der Waals surface area (Å²) in [4.78, 5) is 11.5. The number of carbonyl (C=O) groups is 1. The second-order valence-corrected chi connectivity index (χ2v) is 4.76. The Balaban J connectivity index is 2.34. The molecule has 3 heteroatoms. The Hall–Kier alpha value is -2.55. The van der Waals surface area contributed by atoms with E-state index in [2.05, 4.69) is 0 Å². The molecule has 0 fully saturated rings. The molecule has 2 aromatic heterocycles. The van der Waals surface area contributed by atoms with Crippen LogP contribution in [0.1, 0.15) is 16.1 Å². The van der Waals surface area contributed by atoms with E-state index >= 15 is 0 Å². The van der Waals surface area contributed by atoms with Crippen LogP contribution in [0, 0.1) is 6.92 Å². The maximum absolute atomic E-state index is 11.5. The number of fused-ring (bicyclic) bond motifs is 1. The molecule has 0 N–H and O–H groups in total. The van der Waals surface area contributed by atoms with Crippen LogP contribution in [-0.2, 0) is 0 Å². The van der Waals surface area contributed by atoms with Gasteiger partial charge in [0.05, 0.1) is 12.8 Å². The van der Waals surface area contributed by atoms with Gasteiger partial charge in [-0.1, -0.05) is 17.7 Å². The lowest BCUT2D eigenvalue weighted by Crippen LogP contribution is -1.94. The second kappa shape index (κ2) is 4.85. The molecule has 20 heavy (non-hydrogen) atoms. The Morgan fingerprint density at radius 1 is 1.10 bits per heavy atom. The maximum atomic E-state index is 11.5. The molecule has 0 saturated carbocycles. The van der Waals surface area contributed by atoms with Crippen LogP contribution in [0.25, 0.3) is 16.6 Å². The third kappa shape index (κ3) is 1.88. The number of aromatic nitrogens is 1. The minimum absolute atomic E-state index is 0.643. The fourth-order valence-electron chi connectivity index (χ4n) is 2.51. The van der Waals surface area contributed by atoms with Gasteiger partial charge in [-0.25, -0.2) is 0 Å². The summed E-state index contributed by atoms with van der Waals surface area (Å²) >= 11 is 0. The van der Waals surface area contributed by atoms with Crippen molar-refractivity contribution in [2.75, 3.05) is 7.11 Å². The van der Waals surface area contributed by atoms with Crippen molar-refractivity contribution >= 4 is 11.8 Å². The smallest absolute Gasteiger partial charge is 0.167 e. The Kier molecular flexibility index (Phi) is 3.03. The summed E-state index contributed by atoms with van der Waals surface area (Å²) in [5.41, 5.74) is 4.61. The largest absolute Gasteiger partial charge is 0.496 e. The summed E-state index contributed by atoms with van der Waals surface area (Å²) in [6.07, 6.45) is 2.79. The number of carbonyl (C=O) groups excluding carboxylic acids is 1. The van der Waals surface area contributed by atoms with E-state index in [0.29, 0.717) is 5.69 Å². The van der Waals surface area contributed by atoms with Crippen molar-refractivity contribution in [1.82, 2.24) is 4.40 Å². The molecule has 0 aliphatic rings. The lowest BCUT2D eigenvalue weighted by molar-refractivity contribution is 0.111. The van der Waals surface area contributed by atoms with E-state index in [9.17, 15) is 4.79 Å². The number of pyridine rings is 1. The second-order valence-electron chi connectivity index (χ2n) is 4.76. The number of benzene rings is 1. The van der Waals surface area contributed by atoms with Gasteiger partial charge in [-0.15, -0.1) is 0 Å². The lowest BCUT2D eigenvalue weighted by atomic mass is 10.0. The molecule has 3 nitrogen and oxygen atoms in total. The first-order valence-corrected chi connectivity index (χ1v) is 6.45. The molecule has 0 radical (unpaired) electrons. The quantitative estimate of drug-likeness (QED) is 0.675. The van der Waals surface area contributed by atoms with Gasteiger partial charge in [0, 0.05) is 22.8 Å². The molecule has 0 unspecified atom stereocenters. The summed E-state index contributed by atoms with van der Waals surface area (Å²) in [6.45, 7) is 2.03. The minimum Gasteiger partial charge on any atom is -0.496 e. The predicted molar refractivity (Wildman–Crippen MR) is 79.5 cm³/mol. The fraction of sp³-hybridized carbons (Fsp3) is 0.118. The number of aldehydes is 1. The molecule has 0 aliphatic carbocycles. The van der Waals surface area contributed by atoms with E-state index in [1.807, 2.05) is 60.0 Å². The molecule has 0 aliphatic heterocycles. The lowest BCUT2D eigenvalue weighted by Gasteiger charge is -2.09. The average Bonchev–Trinajstić information content (AvgIpc) is 2.85. The van der Waals surface area contributed by atoms with Gasteiger partial charge < -0.3 is 9.14 Å². The van der Waals surface area contributed by atoms with E-state index < -0.39 is 0 Å². The van der Waals surface area contributed by atoms with Crippen molar-refractivity contribution in [2.24, 2.45) is 0 Å². The molecule has 0 atom stereocenters. The van der Waals surface area contributed by atoms with Gasteiger partial charge in [0.15, 0.2) is 6.29 Å². The monoisotopic (exact) mass is 265 g/mol. The number of hydrogen-bond acceptors (Lipinski definition) is 2. The van der Waals surface area contributed by atoms with Crippen LogP contribution in [0.3, 0.4) is 0 Å². The Morgan fingerprint density at radius 3 is 2.70 bits per heavy atom. The summed E-state index contributed by atoms with van der Waals surface area (Å²) in [5.74, 6) is 0.773. The molecule has 3 rings (SSSR count). The highest BCUT2D eigenvalue weighted by Crippen LogP contribution is 2.34. The molecule has 3 aromatic rings. The van der Waals surface area contributed by atoms with E-state index in [4.69, 9.17) is 4.74 Å². The van der Waals surface area contributed by atoms with Crippen molar-refractivity contribution in [2.45, 2.75) is 6.92 Å². The SMILES string of the molecule is COc1ccc(C)cc1-c1cc2ccccn2c1C=O. The first-order valence-electron chi connectivity index (χ1n) is 6.45. The van der Waals surface area contributed by atoms with Crippen LogP contribution in [0.5, 0.6) is 5.75 Å². The summed E-state index contributed by atoms with van der Waals surface area (Å²) in [7, 11) is 1.64. The topological polar surface area (TPSA) is 30.7 Å². The van der Waals surface area contributed by atoms with Crippen LogP contribution in [0.15, 0.2) is 48.7 Å². The van der Waals surface area contributed by atoms with E-state index in [0.717, 1.165) is 34.2 Å². The Bertz CT molecular complexity index is 787. The Labute approximate surface area is 117 Å². The standard InChI is InChI=1S/C17H15NO2/c1-12-6-7-17(20-2)15(9-12)14-10-13-5-3-4-8-18(13)16(14)11-19/h3-11H,1-2H3. The van der Waals surface area contributed by atoms with Crippen LogP contribution >= 0.6 is 0 Å². The van der Waals surface area contributed by atoms with Gasteiger partial charge in [0.25, 0.3) is 0 Å². The highest BCUT2D eigenvalue weighted by molar-refractivity contribution is 5.91. The third-order valence-corrected chi connectivity index (χ3v) is 3.48. The summed E-state index contributed by atoms with van der Waals surface area (Å²) in [6, 6.07) is 13.8. The minimum atomic E-state index is 0.643. The first-order chi connectivity index (χ1) is 9.74. The van der Waals surface area contributed by atoms with Crippen LogP contribution in [0.2, 0.25) is 0 Å². The maximum Gasteiger partial charge on any atom is 0.167 e. The van der Waals surface area contributed by atoms with Crippen LogP contribution in [-0.4, -0.2) is 17.8 Å². The van der Waals surface area contributed by atoms with Gasteiger partial charge in [-0.2, -0.15) is 0 Å². The van der Waals surface area contributed by atoms with E-state index in [1.165, 1.54) is 0 Å². The number of nitrogens with zero attached hydrogens (tertiary/aromatic N) is 1. The van der Waals surface area contributed by atoms with Crippen molar-refractivity contribution in [3.63, 3.8) is 0 Å². The summed E-state index contributed by atoms with van der Waals surface area (Å²) < 4.78 is 7.32. The normalized spacial score (nSPS) is 10.7. The van der Waals surface area contributed by atoms with Crippen molar-refractivity contribution in [3.8, 4) is 16.9 Å². The van der Waals surface area contributed by atoms with Crippen LogP contribution in [0.4, 0.5) is 0 Å². The molecule has 0 bridgehead atoms. The third-order valence-electron chi connectivity index (χ3n) is 3.48. The molecular weight excluding hydrogens is 250 g/mol. The van der Waals surface area contributed by atoms with E-state index in [1.54, 1.807) is 7.11 Å². The molecule has 1 aromatic carbocycles. The highest BCUT2D eigenvalue weighted by atomic mass is 16.5. The zero-order valence-corrected chi connectivity index (χ0v) is 11.5. The van der Waals surface area contributed by atoms with Gasteiger partial charge >= 0.3 is 0 Å². The molecule has 0 spiro atoms. The number of methoxy groups -OCH3 is 1. The van der Waals surface area contributed by atoms with Crippen molar-refractivity contribution < 1.29 is 9.53 Å². The van der Waals surface area contributed by atoms with Crippen molar-refractivity contribution in [1.29, 1.82) is 0 Å². The average molecular weight is 265 g/mol. The number of rotatable bonds is 3. The zero-order chi connectivity index (χ0) is 14.1. The van der Waals surface area contributed by atoms with Gasteiger partial charge in [-0.3, -0.25) is 4.79 Å². The highest BCUT2D eigenvalue weighted by Gasteiger charge is 2.14. The number of ether oxygens (including phenoxy) is 1. The molecule has 0 saturated heterocycles. The van der Waals surface area contributed by atoms with Crippen molar-refractivity contribution in [3.05, 3.63) is 59.9 Å². The molecule has 2 heterocycles.